The van der Waals surface area contributed by atoms with Crippen LogP contribution in [-0.2, 0) is 4.79 Å². The fourth-order valence-electron chi connectivity index (χ4n) is 4.11. The lowest BCUT2D eigenvalue weighted by Crippen LogP contribution is -2.30. The van der Waals surface area contributed by atoms with Crippen molar-refractivity contribution in [1.82, 2.24) is 5.32 Å². The van der Waals surface area contributed by atoms with Crippen molar-refractivity contribution in [3.8, 4) is 0 Å². The lowest BCUT2D eigenvalue weighted by atomic mass is 9.78. The quantitative estimate of drug-likeness (QED) is 0.710. The van der Waals surface area contributed by atoms with Crippen LogP contribution in [0.3, 0.4) is 0 Å². The van der Waals surface area contributed by atoms with Crippen molar-refractivity contribution in [2.45, 2.75) is 44.7 Å². The van der Waals surface area contributed by atoms with Gasteiger partial charge in [0.1, 0.15) is 0 Å². The highest BCUT2D eigenvalue weighted by molar-refractivity contribution is 8.03. The Morgan fingerprint density at radius 1 is 1.22 bits per heavy atom. The summed E-state index contributed by atoms with van der Waals surface area (Å²) >= 11 is 1.70. The number of thioether (sulfide) groups is 1. The average Bonchev–Trinajstić information content (AvgIpc) is 3.07. The lowest BCUT2D eigenvalue weighted by molar-refractivity contribution is -0.116. The average molecular weight is 391 g/mol. The van der Waals surface area contributed by atoms with Gasteiger partial charge in [0.25, 0.3) is 0 Å². The van der Waals surface area contributed by atoms with E-state index in [0.29, 0.717) is 12.0 Å². The van der Waals surface area contributed by atoms with Gasteiger partial charge in [-0.2, -0.15) is 13.2 Å². The maximum Gasteiger partial charge on any atom is 0.416 e. The predicted molar refractivity (Wildman–Crippen MR) is 102 cm³/mol. The number of alkyl halides is 3. The molecule has 0 spiro atoms. The van der Waals surface area contributed by atoms with E-state index in [1.807, 2.05) is 6.07 Å². The highest BCUT2D eigenvalue weighted by Crippen LogP contribution is 2.50. The highest BCUT2D eigenvalue weighted by Gasteiger charge is 2.39. The molecule has 142 valence electrons. The van der Waals surface area contributed by atoms with Crippen molar-refractivity contribution in [3.05, 3.63) is 63.3 Å². The second-order valence-corrected chi connectivity index (χ2v) is 8.36. The van der Waals surface area contributed by atoms with Crippen LogP contribution < -0.4 is 5.32 Å². The van der Waals surface area contributed by atoms with Gasteiger partial charge in [0.15, 0.2) is 5.78 Å². The summed E-state index contributed by atoms with van der Waals surface area (Å²) in [5.41, 5.74) is 3.35. The zero-order valence-electron chi connectivity index (χ0n) is 15.0. The maximum absolute atomic E-state index is 13.2. The predicted octanol–water partition coefficient (Wildman–Crippen LogP) is 5.61. The Labute approximate surface area is 160 Å². The smallest absolute Gasteiger partial charge is 0.361 e. The fourth-order valence-corrected chi connectivity index (χ4v) is 5.39. The van der Waals surface area contributed by atoms with Crippen molar-refractivity contribution in [1.29, 1.82) is 0 Å². The topological polar surface area (TPSA) is 29.1 Å². The van der Waals surface area contributed by atoms with Crippen LogP contribution in [0.2, 0.25) is 0 Å². The van der Waals surface area contributed by atoms with Crippen LogP contribution in [0, 0.1) is 6.92 Å². The SMILES string of the molecule is C=C(c1cc(C2C3=C(CCS3)NC3=C2C(=O)CCC3)ccc1C)C(F)(F)F. The van der Waals surface area contributed by atoms with Crippen LogP contribution in [0.25, 0.3) is 5.57 Å². The summed E-state index contributed by atoms with van der Waals surface area (Å²) in [5.74, 6) is 0.762. The molecule has 6 heteroatoms. The molecule has 1 aromatic carbocycles. The minimum Gasteiger partial charge on any atom is -0.361 e. The van der Waals surface area contributed by atoms with Crippen LogP contribution in [0.15, 0.2) is 46.7 Å². The molecule has 2 heterocycles. The van der Waals surface area contributed by atoms with Crippen LogP contribution in [0.1, 0.15) is 48.3 Å². The van der Waals surface area contributed by atoms with E-state index in [1.165, 1.54) is 0 Å². The molecule has 0 amide bonds. The molecular formula is C21H20F3NOS. The third kappa shape index (κ3) is 3.14. The fraction of sp³-hybridized carbons (Fsp3) is 0.381. The van der Waals surface area contributed by atoms with Crippen molar-refractivity contribution < 1.29 is 18.0 Å². The second-order valence-electron chi connectivity index (χ2n) is 7.22. The van der Waals surface area contributed by atoms with E-state index >= 15 is 0 Å². The number of Topliss-reactive ketones (excluding diaryl/α,β-unsaturated/α-hetero) is 1. The summed E-state index contributed by atoms with van der Waals surface area (Å²) < 4.78 is 39.7. The number of carbonyl (C=O) groups is 1. The number of ketones is 1. The van der Waals surface area contributed by atoms with Crippen LogP contribution in [-0.4, -0.2) is 17.7 Å². The molecule has 0 radical (unpaired) electrons. The molecule has 0 bridgehead atoms. The molecule has 2 nitrogen and oxygen atoms in total. The number of dihydropyridines is 1. The standard InChI is InChI=1S/C21H20F3NOS/c1-11-6-7-13(10-14(11)12(2)21(22,23)24)18-19-15(4-3-5-17(19)26)25-16-8-9-27-20(16)18/h6-7,10,18,25H,2-5,8-9H2,1H3. The largest absolute Gasteiger partial charge is 0.416 e. The Balaban J connectivity index is 1.85. The number of nitrogens with one attached hydrogen (secondary N) is 1. The van der Waals surface area contributed by atoms with Gasteiger partial charge in [0.2, 0.25) is 0 Å². The number of halogens is 3. The molecule has 27 heavy (non-hydrogen) atoms. The van der Waals surface area contributed by atoms with E-state index in [4.69, 9.17) is 0 Å². The molecule has 1 N–H and O–H groups in total. The van der Waals surface area contributed by atoms with Crippen molar-refractivity contribution in [2.75, 3.05) is 5.75 Å². The minimum absolute atomic E-state index is 0.101. The van der Waals surface area contributed by atoms with Crippen LogP contribution in [0.5, 0.6) is 0 Å². The number of benzene rings is 1. The summed E-state index contributed by atoms with van der Waals surface area (Å²) in [5, 5.41) is 3.44. The minimum atomic E-state index is -4.48. The zero-order chi connectivity index (χ0) is 19.3. The number of carbonyl (C=O) groups excluding carboxylic acids is 1. The first-order valence-electron chi connectivity index (χ1n) is 9.03. The van der Waals surface area contributed by atoms with Crippen molar-refractivity contribution in [2.24, 2.45) is 0 Å². The van der Waals surface area contributed by atoms with E-state index in [9.17, 15) is 18.0 Å². The number of allylic oxidation sites excluding steroid dienone is 5. The first-order chi connectivity index (χ1) is 12.8. The summed E-state index contributed by atoms with van der Waals surface area (Å²) in [6.07, 6.45) is -1.45. The molecule has 0 aromatic heterocycles. The first-order valence-corrected chi connectivity index (χ1v) is 10.0. The monoisotopic (exact) mass is 391 g/mol. The van der Waals surface area contributed by atoms with E-state index in [-0.39, 0.29) is 17.3 Å². The summed E-state index contributed by atoms with van der Waals surface area (Å²) in [6.45, 7) is 4.93. The van der Waals surface area contributed by atoms with E-state index in [0.717, 1.165) is 52.5 Å². The Kier molecular flexibility index (Phi) is 4.49. The molecule has 1 atom stereocenters. The summed E-state index contributed by atoms with van der Waals surface area (Å²) in [6, 6.07) is 5.14. The highest BCUT2D eigenvalue weighted by atomic mass is 32.2. The van der Waals surface area contributed by atoms with E-state index < -0.39 is 11.7 Å². The van der Waals surface area contributed by atoms with Gasteiger partial charge in [-0.3, -0.25) is 4.79 Å². The first kappa shape index (κ1) is 18.4. The molecule has 1 unspecified atom stereocenters. The van der Waals surface area contributed by atoms with E-state index in [2.05, 4.69) is 11.9 Å². The molecule has 1 aliphatic carbocycles. The molecule has 0 saturated carbocycles. The molecule has 1 aromatic rings. The number of hydrogen-bond donors (Lipinski definition) is 1. The molecule has 0 fully saturated rings. The normalized spacial score (nSPS) is 22.5. The third-order valence-electron chi connectivity index (χ3n) is 5.48. The Morgan fingerprint density at radius 3 is 2.74 bits per heavy atom. The molecule has 4 rings (SSSR count). The molecule has 0 saturated heterocycles. The lowest BCUT2D eigenvalue weighted by Gasteiger charge is -2.33. The van der Waals surface area contributed by atoms with Crippen molar-refractivity contribution in [3.63, 3.8) is 0 Å². The Morgan fingerprint density at radius 2 is 2.00 bits per heavy atom. The Bertz CT molecular complexity index is 910. The Hall–Kier alpha value is -1.95. The second kappa shape index (κ2) is 6.59. The number of rotatable bonds is 2. The van der Waals surface area contributed by atoms with Crippen molar-refractivity contribution >= 4 is 23.1 Å². The van der Waals surface area contributed by atoms with Gasteiger partial charge in [-0.1, -0.05) is 18.7 Å². The van der Waals surface area contributed by atoms with Gasteiger partial charge in [0.05, 0.1) is 5.57 Å². The summed E-state index contributed by atoms with van der Waals surface area (Å²) in [7, 11) is 0. The van der Waals surface area contributed by atoms with Gasteiger partial charge in [-0.15, -0.1) is 11.8 Å². The molecular weight excluding hydrogens is 371 g/mol. The molecule has 2 aliphatic heterocycles. The number of aryl methyl sites for hydroxylation is 1. The van der Waals surface area contributed by atoms with E-state index in [1.54, 1.807) is 30.8 Å². The zero-order valence-corrected chi connectivity index (χ0v) is 15.8. The van der Waals surface area contributed by atoms with Crippen LogP contribution >= 0.6 is 11.8 Å². The van der Waals surface area contributed by atoms with Gasteiger partial charge < -0.3 is 5.32 Å². The summed E-state index contributed by atoms with van der Waals surface area (Å²) in [4.78, 5) is 13.8. The maximum atomic E-state index is 13.2. The third-order valence-corrected chi connectivity index (χ3v) is 6.68. The number of hydrogen-bond acceptors (Lipinski definition) is 3. The van der Waals surface area contributed by atoms with Gasteiger partial charge in [-0.05, 0) is 48.9 Å². The van der Waals surface area contributed by atoms with Gasteiger partial charge in [-0.25, -0.2) is 0 Å². The molecule has 3 aliphatic rings. The van der Waals surface area contributed by atoms with Gasteiger partial charge in [0, 0.05) is 40.0 Å². The van der Waals surface area contributed by atoms with Crippen LogP contribution in [0.4, 0.5) is 13.2 Å². The van der Waals surface area contributed by atoms with Gasteiger partial charge >= 0.3 is 6.18 Å².